The Kier molecular flexibility index (Phi) is 4.05. The van der Waals surface area contributed by atoms with Gasteiger partial charge in [-0.15, -0.1) is 0 Å². The van der Waals surface area contributed by atoms with Crippen LogP contribution in [0.5, 0.6) is 0 Å². The molecule has 0 radical (unpaired) electrons. The maximum absolute atomic E-state index is 5.32. The maximum Gasteiger partial charge on any atom is 0.0909 e. The summed E-state index contributed by atoms with van der Waals surface area (Å²) in [6.45, 7) is 4.36. The van der Waals surface area contributed by atoms with E-state index in [9.17, 15) is 0 Å². The third-order valence-electron chi connectivity index (χ3n) is 0.832. The minimum atomic E-state index is 0.181. The molecule has 0 saturated carbocycles. The van der Waals surface area contributed by atoms with Crippen molar-refractivity contribution in [3.05, 3.63) is 0 Å². The lowest BCUT2D eigenvalue weighted by atomic mass is 10.4. The van der Waals surface area contributed by atoms with Crippen LogP contribution < -0.4 is 5.73 Å². The van der Waals surface area contributed by atoms with Crippen LogP contribution in [0.4, 0.5) is 0 Å². The lowest BCUT2D eigenvalue weighted by Crippen LogP contribution is -2.14. The van der Waals surface area contributed by atoms with Crippen molar-refractivity contribution in [3.8, 4) is 0 Å². The fourth-order valence-corrected chi connectivity index (χ4v) is 0.626. The molecule has 54 valence electrons. The molecule has 1 unspecified atom stereocenters. The molecule has 0 aromatic carbocycles. The van der Waals surface area contributed by atoms with Crippen molar-refractivity contribution in [2.45, 2.75) is 19.9 Å². The monoisotopic (exact) mass is 130 g/mol. The highest BCUT2D eigenvalue weighted by atomic mass is 16.5. The summed E-state index contributed by atoms with van der Waals surface area (Å²) < 4.78 is 4.84. The van der Waals surface area contributed by atoms with Crippen molar-refractivity contribution >= 4 is 5.84 Å². The fourth-order valence-electron chi connectivity index (χ4n) is 0.626. The lowest BCUT2D eigenvalue weighted by Gasteiger charge is -2.03. The van der Waals surface area contributed by atoms with Gasteiger partial charge in [0.1, 0.15) is 0 Å². The molecule has 3 heteroatoms. The van der Waals surface area contributed by atoms with Gasteiger partial charge in [-0.05, 0) is 13.8 Å². The summed E-state index contributed by atoms with van der Waals surface area (Å²) in [5, 5.41) is 0. The Balaban J connectivity index is 3.49. The summed E-state index contributed by atoms with van der Waals surface area (Å²) in [7, 11) is 1.65. The van der Waals surface area contributed by atoms with Gasteiger partial charge in [-0.25, -0.2) is 0 Å². The van der Waals surface area contributed by atoms with E-state index in [-0.39, 0.29) is 6.04 Å². The first-order chi connectivity index (χ1) is 4.16. The Bertz CT molecular complexity index is 97.2. The standard InChI is InChI=1S/C6H14N2O/c1-5(4-9-3)8-6(2)7/h5H,4H2,1-3H3,(H2,7,8). The molecule has 0 amide bonds. The average Bonchev–Trinajstić information content (AvgIpc) is 1.63. The molecule has 0 aromatic rings. The molecule has 0 fully saturated rings. The minimum absolute atomic E-state index is 0.181. The SMILES string of the molecule is COCC(C)N=C(C)N. The summed E-state index contributed by atoms with van der Waals surface area (Å²) in [6, 6.07) is 0.181. The molecule has 0 spiro atoms. The zero-order valence-electron chi connectivity index (χ0n) is 6.22. The first-order valence-electron chi connectivity index (χ1n) is 2.95. The predicted octanol–water partition coefficient (Wildman–Crippen LogP) is 0.398. The summed E-state index contributed by atoms with van der Waals surface area (Å²) in [6.07, 6.45) is 0. The predicted molar refractivity (Wildman–Crippen MR) is 38.6 cm³/mol. The summed E-state index contributed by atoms with van der Waals surface area (Å²) in [5.41, 5.74) is 5.32. The smallest absolute Gasteiger partial charge is 0.0909 e. The molecule has 0 rings (SSSR count). The molecule has 0 aliphatic heterocycles. The highest BCUT2D eigenvalue weighted by Gasteiger charge is 1.94. The van der Waals surface area contributed by atoms with E-state index in [4.69, 9.17) is 10.5 Å². The number of nitrogens with zero attached hydrogens (tertiary/aromatic N) is 1. The molecule has 0 bridgehead atoms. The molecule has 0 aliphatic rings. The van der Waals surface area contributed by atoms with Crippen LogP contribution in [0, 0.1) is 0 Å². The molecular formula is C6H14N2O. The third-order valence-corrected chi connectivity index (χ3v) is 0.832. The van der Waals surface area contributed by atoms with Gasteiger partial charge in [0.15, 0.2) is 0 Å². The molecule has 1 atom stereocenters. The van der Waals surface area contributed by atoms with Gasteiger partial charge in [-0.3, -0.25) is 4.99 Å². The van der Waals surface area contributed by atoms with E-state index in [1.165, 1.54) is 0 Å². The van der Waals surface area contributed by atoms with Gasteiger partial charge in [-0.2, -0.15) is 0 Å². The van der Waals surface area contributed by atoms with Crippen molar-refractivity contribution in [2.24, 2.45) is 10.7 Å². The third kappa shape index (κ3) is 5.30. The number of ether oxygens (including phenoxy) is 1. The van der Waals surface area contributed by atoms with Crippen LogP contribution >= 0.6 is 0 Å². The van der Waals surface area contributed by atoms with E-state index in [1.807, 2.05) is 6.92 Å². The Hall–Kier alpha value is -0.570. The Labute approximate surface area is 55.9 Å². The molecule has 0 aliphatic carbocycles. The minimum Gasteiger partial charge on any atom is -0.388 e. The van der Waals surface area contributed by atoms with Crippen LogP contribution in [-0.2, 0) is 4.74 Å². The van der Waals surface area contributed by atoms with Crippen LogP contribution in [0.1, 0.15) is 13.8 Å². The molecule has 0 aromatic heterocycles. The van der Waals surface area contributed by atoms with E-state index in [1.54, 1.807) is 14.0 Å². The first-order valence-corrected chi connectivity index (χ1v) is 2.95. The van der Waals surface area contributed by atoms with Gasteiger partial charge in [-0.1, -0.05) is 0 Å². The first kappa shape index (κ1) is 8.43. The van der Waals surface area contributed by atoms with E-state index in [0.717, 1.165) is 0 Å². The number of hydrogen-bond donors (Lipinski definition) is 1. The van der Waals surface area contributed by atoms with Gasteiger partial charge in [0.2, 0.25) is 0 Å². The molecule has 3 nitrogen and oxygen atoms in total. The largest absolute Gasteiger partial charge is 0.388 e. The molecule has 0 heterocycles. The number of hydrogen-bond acceptors (Lipinski definition) is 2. The van der Waals surface area contributed by atoms with E-state index in [0.29, 0.717) is 12.4 Å². The van der Waals surface area contributed by atoms with Crippen LogP contribution in [0.3, 0.4) is 0 Å². The van der Waals surface area contributed by atoms with Gasteiger partial charge < -0.3 is 10.5 Å². The van der Waals surface area contributed by atoms with Gasteiger partial charge in [0, 0.05) is 7.11 Å². The van der Waals surface area contributed by atoms with Crippen molar-refractivity contribution < 1.29 is 4.74 Å². The number of aliphatic imine (C=N–C) groups is 1. The highest BCUT2D eigenvalue weighted by molar-refractivity contribution is 5.77. The topological polar surface area (TPSA) is 47.6 Å². The molecule has 9 heavy (non-hydrogen) atoms. The van der Waals surface area contributed by atoms with Gasteiger partial charge in [0.05, 0.1) is 18.5 Å². The van der Waals surface area contributed by atoms with E-state index >= 15 is 0 Å². The number of nitrogens with two attached hydrogens (primary N) is 1. The highest BCUT2D eigenvalue weighted by Crippen LogP contribution is 1.88. The fraction of sp³-hybridized carbons (Fsp3) is 0.833. The Morgan fingerprint density at radius 1 is 1.78 bits per heavy atom. The molecule has 0 saturated heterocycles. The van der Waals surface area contributed by atoms with Crippen LogP contribution in [0.15, 0.2) is 4.99 Å². The summed E-state index contributed by atoms with van der Waals surface area (Å²) >= 11 is 0. The molecular weight excluding hydrogens is 116 g/mol. The van der Waals surface area contributed by atoms with Crippen molar-refractivity contribution in [1.29, 1.82) is 0 Å². The average molecular weight is 130 g/mol. The second kappa shape index (κ2) is 4.32. The van der Waals surface area contributed by atoms with Gasteiger partial charge >= 0.3 is 0 Å². The van der Waals surface area contributed by atoms with Crippen LogP contribution in [0.25, 0.3) is 0 Å². The Morgan fingerprint density at radius 2 is 2.33 bits per heavy atom. The van der Waals surface area contributed by atoms with Crippen molar-refractivity contribution in [1.82, 2.24) is 0 Å². The Morgan fingerprint density at radius 3 is 2.67 bits per heavy atom. The second-order valence-electron chi connectivity index (χ2n) is 2.07. The van der Waals surface area contributed by atoms with Crippen LogP contribution in [-0.4, -0.2) is 25.6 Å². The van der Waals surface area contributed by atoms with Gasteiger partial charge in [0.25, 0.3) is 0 Å². The summed E-state index contributed by atoms with van der Waals surface area (Å²) in [4.78, 5) is 4.04. The van der Waals surface area contributed by atoms with Crippen molar-refractivity contribution in [2.75, 3.05) is 13.7 Å². The maximum atomic E-state index is 5.32. The second-order valence-corrected chi connectivity index (χ2v) is 2.07. The van der Waals surface area contributed by atoms with E-state index in [2.05, 4.69) is 4.99 Å². The van der Waals surface area contributed by atoms with E-state index < -0.39 is 0 Å². The number of methoxy groups -OCH3 is 1. The zero-order chi connectivity index (χ0) is 7.28. The zero-order valence-corrected chi connectivity index (χ0v) is 6.22. The molecule has 2 N–H and O–H groups in total. The number of rotatable bonds is 3. The van der Waals surface area contributed by atoms with Crippen molar-refractivity contribution in [3.63, 3.8) is 0 Å². The summed E-state index contributed by atoms with van der Waals surface area (Å²) in [5.74, 6) is 0.611. The lowest BCUT2D eigenvalue weighted by molar-refractivity contribution is 0.186. The van der Waals surface area contributed by atoms with Crippen LogP contribution in [0.2, 0.25) is 0 Å². The quantitative estimate of drug-likeness (QED) is 0.444. The normalized spacial score (nSPS) is 15.7. The number of amidine groups is 1.